The van der Waals surface area contributed by atoms with Crippen molar-refractivity contribution in [3.8, 4) is 11.5 Å². The lowest BCUT2D eigenvalue weighted by Crippen LogP contribution is -2.41. The molecule has 0 unspecified atom stereocenters. The van der Waals surface area contributed by atoms with Gasteiger partial charge >= 0.3 is 0 Å². The Morgan fingerprint density at radius 2 is 1.49 bits per heavy atom. The van der Waals surface area contributed by atoms with Crippen LogP contribution in [-0.2, 0) is 0 Å². The van der Waals surface area contributed by atoms with Crippen LogP contribution in [0.25, 0.3) is 22.4 Å². The van der Waals surface area contributed by atoms with Gasteiger partial charge < -0.3 is 9.73 Å². The number of para-hydroxylation sites is 1. The third kappa shape index (κ3) is 5.08. The van der Waals surface area contributed by atoms with Gasteiger partial charge in [0.1, 0.15) is 5.69 Å². The summed E-state index contributed by atoms with van der Waals surface area (Å²) >= 11 is 0. The van der Waals surface area contributed by atoms with E-state index in [0.717, 1.165) is 5.56 Å². The number of benzene rings is 3. The molecule has 0 saturated carbocycles. The molecule has 0 bridgehead atoms. The zero-order chi connectivity index (χ0) is 25.8. The molecule has 5 rings (SSSR count). The average molecular weight is 491 g/mol. The minimum absolute atomic E-state index is 0.269. The first kappa shape index (κ1) is 23.5. The molecule has 5 aromatic rings. The molecule has 0 aliphatic rings. The number of hydrogen-bond acceptors (Lipinski definition) is 5. The Kier molecular flexibility index (Phi) is 6.46. The molecule has 8 nitrogen and oxygen atoms in total. The molecular weight excluding hydrogens is 468 g/mol. The summed E-state index contributed by atoms with van der Waals surface area (Å²) in [6.07, 6.45) is 1.53. The van der Waals surface area contributed by atoms with Gasteiger partial charge in [-0.05, 0) is 61.0 Å². The number of aromatic nitrogens is 1. The van der Waals surface area contributed by atoms with Crippen LogP contribution >= 0.6 is 0 Å². The molecular formula is C29H22N4O4. The highest BCUT2D eigenvalue weighted by Crippen LogP contribution is 2.25. The number of nitrogens with one attached hydrogen (secondary N) is 3. The molecule has 37 heavy (non-hydrogen) atoms. The van der Waals surface area contributed by atoms with Gasteiger partial charge in [0, 0.05) is 22.2 Å². The van der Waals surface area contributed by atoms with Crippen LogP contribution in [0, 0.1) is 6.92 Å². The quantitative estimate of drug-likeness (QED) is 0.296. The average Bonchev–Trinajstić information content (AvgIpc) is 3.48. The van der Waals surface area contributed by atoms with Crippen molar-refractivity contribution in [3.63, 3.8) is 0 Å². The van der Waals surface area contributed by atoms with Crippen LogP contribution < -0.4 is 16.2 Å². The second-order valence-corrected chi connectivity index (χ2v) is 8.31. The van der Waals surface area contributed by atoms with E-state index in [2.05, 4.69) is 21.2 Å². The normalized spacial score (nSPS) is 10.6. The van der Waals surface area contributed by atoms with Gasteiger partial charge in [-0.3, -0.25) is 25.2 Å². The number of hydrogen-bond donors (Lipinski definition) is 3. The molecule has 0 spiro atoms. The van der Waals surface area contributed by atoms with Crippen LogP contribution in [0.5, 0.6) is 0 Å². The zero-order valence-corrected chi connectivity index (χ0v) is 19.8. The van der Waals surface area contributed by atoms with Gasteiger partial charge in [0.05, 0.1) is 17.3 Å². The van der Waals surface area contributed by atoms with E-state index in [1.54, 1.807) is 72.8 Å². The zero-order valence-electron chi connectivity index (χ0n) is 19.8. The highest BCUT2D eigenvalue weighted by atomic mass is 16.3. The number of hydrazine groups is 1. The van der Waals surface area contributed by atoms with E-state index in [1.807, 2.05) is 25.1 Å². The van der Waals surface area contributed by atoms with Gasteiger partial charge in [0.15, 0.2) is 5.76 Å². The molecule has 2 aromatic heterocycles. The van der Waals surface area contributed by atoms with Crippen molar-refractivity contribution < 1.29 is 18.8 Å². The van der Waals surface area contributed by atoms with Crippen LogP contribution in [-0.4, -0.2) is 22.7 Å². The van der Waals surface area contributed by atoms with Crippen molar-refractivity contribution in [1.29, 1.82) is 0 Å². The number of amides is 3. The molecule has 0 atom stereocenters. The fraction of sp³-hybridized carbons (Fsp3) is 0.0345. The van der Waals surface area contributed by atoms with Crippen molar-refractivity contribution in [2.24, 2.45) is 0 Å². The molecule has 3 N–H and O–H groups in total. The van der Waals surface area contributed by atoms with E-state index in [1.165, 1.54) is 6.26 Å². The molecule has 0 fully saturated rings. The summed E-state index contributed by atoms with van der Waals surface area (Å²) in [7, 11) is 0. The summed E-state index contributed by atoms with van der Waals surface area (Å²) in [5, 5.41) is 3.46. The molecule has 3 aromatic carbocycles. The number of carbonyl (C=O) groups is 3. The van der Waals surface area contributed by atoms with Gasteiger partial charge in [-0.25, -0.2) is 4.98 Å². The number of pyridine rings is 1. The molecule has 8 heteroatoms. The van der Waals surface area contributed by atoms with Gasteiger partial charge in [0.2, 0.25) is 0 Å². The lowest BCUT2D eigenvalue weighted by atomic mass is 10.1. The minimum Gasteiger partial charge on any atom is -0.463 e. The standard InChI is InChI=1S/C29H22N4O4/c1-18-13-14-20(16-24(18)31-27(34)19-8-3-2-4-9-19)28(35)32-33-29(36)22-17-25(26-12-7-15-37-26)30-23-11-6-5-10-21(22)23/h2-17H,1H3,(H,31,34)(H,32,35)(H,33,36). The van der Waals surface area contributed by atoms with E-state index in [9.17, 15) is 14.4 Å². The van der Waals surface area contributed by atoms with Crippen LogP contribution in [0.15, 0.2) is 102 Å². The van der Waals surface area contributed by atoms with E-state index in [0.29, 0.717) is 39.2 Å². The molecule has 0 saturated heterocycles. The van der Waals surface area contributed by atoms with Crippen molar-refractivity contribution in [1.82, 2.24) is 15.8 Å². The second kappa shape index (κ2) is 10.2. The summed E-state index contributed by atoms with van der Waals surface area (Å²) in [5.74, 6) is -0.808. The lowest BCUT2D eigenvalue weighted by Gasteiger charge is -2.13. The van der Waals surface area contributed by atoms with Crippen LogP contribution in [0.3, 0.4) is 0 Å². The summed E-state index contributed by atoms with van der Waals surface area (Å²) < 4.78 is 5.44. The Labute approximate surface area is 212 Å². The van der Waals surface area contributed by atoms with E-state index in [-0.39, 0.29) is 11.5 Å². The second-order valence-electron chi connectivity index (χ2n) is 8.31. The number of anilines is 1. The van der Waals surface area contributed by atoms with Crippen molar-refractivity contribution in [2.45, 2.75) is 6.92 Å². The maximum Gasteiger partial charge on any atom is 0.270 e. The Balaban J connectivity index is 1.33. The maximum atomic E-state index is 13.1. The number of nitrogens with zero attached hydrogens (tertiary/aromatic N) is 1. The number of furan rings is 1. The third-order valence-electron chi connectivity index (χ3n) is 5.81. The summed E-state index contributed by atoms with van der Waals surface area (Å²) in [5.41, 5.74) is 8.43. The topological polar surface area (TPSA) is 113 Å². The number of aryl methyl sites for hydroxylation is 1. The predicted octanol–water partition coefficient (Wildman–Crippen LogP) is 5.13. The van der Waals surface area contributed by atoms with Crippen molar-refractivity contribution in [3.05, 3.63) is 120 Å². The largest absolute Gasteiger partial charge is 0.463 e. The van der Waals surface area contributed by atoms with Crippen LogP contribution in [0.4, 0.5) is 5.69 Å². The van der Waals surface area contributed by atoms with Gasteiger partial charge in [-0.2, -0.15) is 0 Å². The molecule has 0 aliphatic carbocycles. The highest BCUT2D eigenvalue weighted by Gasteiger charge is 2.17. The Hall–Kier alpha value is -5.24. The van der Waals surface area contributed by atoms with Crippen LogP contribution in [0.2, 0.25) is 0 Å². The fourth-order valence-corrected chi connectivity index (χ4v) is 3.85. The van der Waals surface area contributed by atoms with Crippen LogP contribution in [0.1, 0.15) is 36.6 Å². The molecule has 0 aliphatic heterocycles. The van der Waals surface area contributed by atoms with Crippen molar-refractivity contribution >= 4 is 34.3 Å². The fourth-order valence-electron chi connectivity index (χ4n) is 3.85. The minimum atomic E-state index is -0.534. The first-order chi connectivity index (χ1) is 18.0. The maximum absolute atomic E-state index is 13.1. The first-order valence-corrected chi connectivity index (χ1v) is 11.5. The first-order valence-electron chi connectivity index (χ1n) is 11.5. The highest BCUT2D eigenvalue weighted by molar-refractivity contribution is 6.08. The monoisotopic (exact) mass is 490 g/mol. The smallest absolute Gasteiger partial charge is 0.270 e. The van der Waals surface area contributed by atoms with Gasteiger partial charge in [0.25, 0.3) is 17.7 Å². The SMILES string of the molecule is Cc1ccc(C(=O)NNC(=O)c2cc(-c3ccco3)nc3ccccc23)cc1NC(=O)c1ccccc1. The summed E-state index contributed by atoms with van der Waals surface area (Å²) in [6, 6.07) is 26.0. The van der Waals surface area contributed by atoms with Crippen molar-refractivity contribution in [2.75, 3.05) is 5.32 Å². The number of rotatable bonds is 5. The predicted molar refractivity (Wildman–Crippen MR) is 140 cm³/mol. The Morgan fingerprint density at radius 3 is 2.27 bits per heavy atom. The number of fused-ring (bicyclic) bond motifs is 1. The van der Waals surface area contributed by atoms with Gasteiger partial charge in [-0.1, -0.05) is 42.5 Å². The molecule has 182 valence electrons. The molecule has 0 radical (unpaired) electrons. The Morgan fingerprint density at radius 1 is 0.730 bits per heavy atom. The Bertz CT molecular complexity index is 1610. The molecule has 3 amide bonds. The summed E-state index contributed by atoms with van der Waals surface area (Å²) in [6.45, 7) is 1.83. The van der Waals surface area contributed by atoms with E-state index in [4.69, 9.17) is 4.42 Å². The lowest BCUT2D eigenvalue weighted by molar-refractivity contribution is 0.0847. The van der Waals surface area contributed by atoms with Gasteiger partial charge in [-0.15, -0.1) is 0 Å². The third-order valence-corrected chi connectivity index (χ3v) is 5.81. The number of carbonyl (C=O) groups excluding carboxylic acids is 3. The summed E-state index contributed by atoms with van der Waals surface area (Å²) in [4.78, 5) is 43.1. The molecule has 2 heterocycles. The van der Waals surface area contributed by atoms with E-state index >= 15 is 0 Å². The van der Waals surface area contributed by atoms with E-state index < -0.39 is 11.8 Å².